The number of nitriles is 1. The van der Waals surface area contributed by atoms with Gasteiger partial charge in [0.05, 0.1) is 17.1 Å². The van der Waals surface area contributed by atoms with Gasteiger partial charge >= 0.3 is 5.97 Å². The van der Waals surface area contributed by atoms with E-state index in [9.17, 15) is 19.6 Å². The van der Waals surface area contributed by atoms with Gasteiger partial charge in [0.15, 0.2) is 0 Å². The molecule has 3 heterocycles. The summed E-state index contributed by atoms with van der Waals surface area (Å²) >= 11 is 2.93. The maximum absolute atomic E-state index is 14.6. The Kier molecular flexibility index (Phi) is 6.18. The summed E-state index contributed by atoms with van der Waals surface area (Å²) in [6, 6.07) is 25.2. The zero-order chi connectivity index (χ0) is 26.4. The molecule has 2 aromatic heterocycles. The Bertz CT molecular complexity index is 1730. The van der Waals surface area contributed by atoms with E-state index >= 15 is 0 Å². The van der Waals surface area contributed by atoms with Gasteiger partial charge in [-0.25, -0.2) is 4.39 Å². The average molecular weight is 540 g/mol. The highest BCUT2D eigenvalue weighted by atomic mass is 32.2. The third kappa shape index (κ3) is 4.34. The number of hydrogen-bond acceptors (Lipinski definition) is 5. The van der Waals surface area contributed by atoms with Crippen LogP contribution in [0.3, 0.4) is 0 Å². The summed E-state index contributed by atoms with van der Waals surface area (Å²) in [7, 11) is 0. The maximum Gasteiger partial charge on any atom is 0.310 e. The first-order valence-corrected chi connectivity index (χ1v) is 13.7. The van der Waals surface area contributed by atoms with E-state index in [4.69, 9.17) is 0 Å². The van der Waals surface area contributed by atoms with Crippen LogP contribution in [0.4, 0.5) is 10.1 Å². The summed E-state index contributed by atoms with van der Waals surface area (Å²) in [5.74, 6) is -1.47. The van der Waals surface area contributed by atoms with Crippen LogP contribution in [-0.4, -0.2) is 28.1 Å². The smallest absolute Gasteiger partial charge is 0.310 e. The Labute approximate surface area is 227 Å². The van der Waals surface area contributed by atoms with Crippen molar-refractivity contribution in [2.45, 2.75) is 11.8 Å². The van der Waals surface area contributed by atoms with E-state index in [2.05, 4.69) is 45.3 Å². The molecule has 0 aliphatic carbocycles. The molecule has 0 atom stereocenters. The second-order valence-electron chi connectivity index (χ2n) is 9.39. The first-order chi connectivity index (χ1) is 18.4. The molecule has 6 rings (SSSR count). The highest BCUT2D eigenvalue weighted by molar-refractivity contribution is 7.98. The number of benzene rings is 3. The van der Waals surface area contributed by atoms with Gasteiger partial charge in [0.1, 0.15) is 16.8 Å². The highest BCUT2D eigenvalue weighted by Gasteiger charge is 2.33. The molecule has 38 heavy (non-hydrogen) atoms. The second kappa shape index (κ2) is 9.67. The molecule has 8 heteroatoms. The minimum Gasteiger partial charge on any atom is -0.481 e. The molecule has 0 amide bonds. The number of nitrogens with zero attached hydrogens (tertiary/aromatic N) is 3. The number of carbonyl (C=O) groups is 1. The summed E-state index contributed by atoms with van der Waals surface area (Å²) in [5, 5.41) is 21.5. The molecule has 0 saturated carbocycles. The van der Waals surface area contributed by atoms with Crippen LogP contribution in [0.1, 0.15) is 10.4 Å². The number of thiophene rings is 1. The molecular formula is C30H22FN3O2S2. The monoisotopic (exact) mass is 539 g/mol. The van der Waals surface area contributed by atoms with Crippen molar-refractivity contribution >= 4 is 45.8 Å². The van der Waals surface area contributed by atoms with Crippen LogP contribution in [0.2, 0.25) is 0 Å². The van der Waals surface area contributed by atoms with Crippen molar-refractivity contribution in [3.63, 3.8) is 0 Å². The summed E-state index contributed by atoms with van der Waals surface area (Å²) in [5.41, 5.74) is 6.53. The SMILES string of the molecule is Cc1ccc(Sn2c(-c3cccc(N4CC(C(=O)O)C4)c3)c(-c3csc(C#N)c3)c3cc(F)ccc32)cc1. The number of hydrogen-bond donors (Lipinski definition) is 1. The topological polar surface area (TPSA) is 69.3 Å². The summed E-state index contributed by atoms with van der Waals surface area (Å²) in [6.07, 6.45) is 0. The zero-order valence-electron chi connectivity index (χ0n) is 20.4. The van der Waals surface area contributed by atoms with Gasteiger partial charge in [0, 0.05) is 45.6 Å². The first-order valence-electron chi connectivity index (χ1n) is 12.1. The molecule has 3 aromatic carbocycles. The molecular weight excluding hydrogens is 517 g/mol. The Hall–Kier alpha value is -4.06. The Morgan fingerprint density at radius 3 is 2.58 bits per heavy atom. The maximum atomic E-state index is 14.6. The van der Waals surface area contributed by atoms with E-state index in [1.54, 1.807) is 24.1 Å². The van der Waals surface area contributed by atoms with Crippen molar-refractivity contribution in [3.05, 3.63) is 94.4 Å². The number of aromatic nitrogens is 1. The molecule has 1 saturated heterocycles. The van der Waals surface area contributed by atoms with E-state index < -0.39 is 5.97 Å². The highest BCUT2D eigenvalue weighted by Crippen LogP contribution is 2.46. The molecule has 5 aromatic rings. The van der Waals surface area contributed by atoms with Gasteiger partial charge in [0.2, 0.25) is 0 Å². The van der Waals surface area contributed by atoms with Crippen molar-refractivity contribution in [3.8, 4) is 28.5 Å². The number of carboxylic acids is 1. The Balaban J connectivity index is 1.57. The fourth-order valence-corrected chi connectivity index (χ4v) is 6.51. The minimum atomic E-state index is -0.776. The van der Waals surface area contributed by atoms with Gasteiger partial charge in [-0.15, -0.1) is 11.3 Å². The van der Waals surface area contributed by atoms with Crippen LogP contribution in [-0.2, 0) is 4.79 Å². The number of aliphatic carboxylic acids is 1. The van der Waals surface area contributed by atoms with Crippen LogP contribution < -0.4 is 4.90 Å². The lowest BCUT2D eigenvalue weighted by Crippen LogP contribution is -2.50. The van der Waals surface area contributed by atoms with Gasteiger partial charge in [-0.1, -0.05) is 29.8 Å². The quantitative estimate of drug-likeness (QED) is 0.243. The standard InChI is InChI=1S/C30H22FN3O2S2/c1-18-5-8-24(9-6-18)38-34-27-10-7-22(31)13-26(27)28(20-12-25(14-32)37-17-20)29(34)19-3-2-4-23(11-19)33-15-21(16-33)30(35)36/h2-13,17,21H,15-16H2,1H3,(H,35,36). The summed E-state index contributed by atoms with van der Waals surface area (Å²) in [4.78, 5) is 15.0. The summed E-state index contributed by atoms with van der Waals surface area (Å²) < 4.78 is 16.8. The first kappa shape index (κ1) is 24.3. The van der Waals surface area contributed by atoms with Gasteiger partial charge in [-0.3, -0.25) is 8.77 Å². The molecule has 1 N–H and O–H groups in total. The molecule has 1 aliphatic rings. The normalized spacial score (nSPS) is 13.4. The van der Waals surface area contributed by atoms with Crippen LogP contribution in [0, 0.1) is 30.0 Å². The van der Waals surface area contributed by atoms with Crippen molar-refractivity contribution in [2.24, 2.45) is 5.92 Å². The van der Waals surface area contributed by atoms with Gasteiger partial charge < -0.3 is 10.0 Å². The van der Waals surface area contributed by atoms with E-state index in [1.165, 1.54) is 23.0 Å². The van der Waals surface area contributed by atoms with Gasteiger partial charge in [-0.2, -0.15) is 5.26 Å². The second-order valence-corrected chi connectivity index (χ2v) is 11.3. The molecule has 0 spiro atoms. The molecule has 5 nitrogen and oxygen atoms in total. The Morgan fingerprint density at radius 2 is 1.87 bits per heavy atom. The van der Waals surface area contributed by atoms with E-state index in [0.717, 1.165) is 43.9 Å². The van der Waals surface area contributed by atoms with E-state index in [1.807, 2.05) is 36.6 Å². The van der Waals surface area contributed by atoms with Crippen molar-refractivity contribution < 1.29 is 14.3 Å². The van der Waals surface area contributed by atoms with Crippen LogP contribution in [0.5, 0.6) is 0 Å². The fourth-order valence-electron chi connectivity index (χ4n) is 4.81. The number of anilines is 1. The van der Waals surface area contributed by atoms with E-state index in [0.29, 0.717) is 18.0 Å². The Morgan fingerprint density at radius 1 is 1.08 bits per heavy atom. The van der Waals surface area contributed by atoms with E-state index in [-0.39, 0.29) is 11.7 Å². The molecule has 0 unspecified atom stereocenters. The third-order valence-corrected chi connectivity index (χ3v) is 8.70. The fraction of sp³-hybridized carbons (Fsp3) is 0.133. The third-order valence-electron chi connectivity index (χ3n) is 6.82. The minimum absolute atomic E-state index is 0.326. The lowest BCUT2D eigenvalue weighted by molar-refractivity contribution is -0.142. The number of carboxylic acid groups (broad SMARTS) is 1. The number of fused-ring (bicyclic) bond motifs is 1. The number of halogens is 1. The van der Waals surface area contributed by atoms with Gasteiger partial charge in [-0.05, 0) is 73.0 Å². The molecule has 0 radical (unpaired) electrons. The summed E-state index contributed by atoms with van der Waals surface area (Å²) in [6.45, 7) is 2.98. The van der Waals surface area contributed by atoms with Crippen molar-refractivity contribution in [1.29, 1.82) is 5.26 Å². The zero-order valence-corrected chi connectivity index (χ0v) is 22.0. The molecule has 1 fully saturated rings. The average Bonchev–Trinajstić information content (AvgIpc) is 3.47. The molecule has 0 bridgehead atoms. The van der Waals surface area contributed by atoms with Gasteiger partial charge in [0.25, 0.3) is 0 Å². The van der Waals surface area contributed by atoms with Crippen molar-refractivity contribution in [2.75, 3.05) is 18.0 Å². The predicted molar refractivity (Wildman–Crippen MR) is 151 cm³/mol. The molecule has 1 aliphatic heterocycles. The molecule has 188 valence electrons. The lowest BCUT2D eigenvalue weighted by atomic mass is 9.97. The largest absolute Gasteiger partial charge is 0.481 e. The number of aryl methyl sites for hydroxylation is 1. The van der Waals surface area contributed by atoms with Crippen LogP contribution >= 0.6 is 23.3 Å². The number of rotatable bonds is 6. The lowest BCUT2D eigenvalue weighted by Gasteiger charge is -2.38. The van der Waals surface area contributed by atoms with Crippen LogP contribution in [0.25, 0.3) is 33.3 Å². The van der Waals surface area contributed by atoms with Crippen molar-refractivity contribution in [1.82, 2.24) is 3.97 Å². The van der Waals surface area contributed by atoms with Crippen LogP contribution in [0.15, 0.2) is 83.1 Å². The predicted octanol–water partition coefficient (Wildman–Crippen LogP) is 7.43.